The normalized spacial score (nSPS) is 21.4. The van der Waals surface area contributed by atoms with Crippen LogP contribution in [0.4, 0.5) is 23.2 Å². The minimum Gasteiger partial charge on any atom is -0.490 e. The van der Waals surface area contributed by atoms with Gasteiger partial charge in [-0.15, -0.1) is 0 Å². The van der Waals surface area contributed by atoms with Gasteiger partial charge in [0.15, 0.2) is 0 Å². The highest BCUT2D eigenvalue weighted by molar-refractivity contribution is 5.94. The van der Waals surface area contributed by atoms with Crippen LogP contribution in [0.15, 0.2) is 42.5 Å². The lowest BCUT2D eigenvalue weighted by Crippen LogP contribution is -2.51. The second-order valence-corrected chi connectivity index (χ2v) is 7.31. The maximum atomic E-state index is 13.7. The number of benzene rings is 2. The van der Waals surface area contributed by atoms with Crippen molar-refractivity contribution in [2.24, 2.45) is 0 Å². The van der Waals surface area contributed by atoms with E-state index in [1.54, 1.807) is 0 Å². The van der Waals surface area contributed by atoms with Gasteiger partial charge < -0.3 is 15.0 Å². The molecule has 0 unspecified atom stereocenters. The molecule has 2 atom stereocenters. The van der Waals surface area contributed by atoms with Gasteiger partial charge >= 0.3 is 6.18 Å². The fourth-order valence-corrected chi connectivity index (χ4v) is 4.15. The van der Waals surface area contributed by atoms with Gasteiger partial charge in [0.2, 0.25) is 0 Å². The average Bonchev–Trinajstić information content (AvgIpc) is 3.14. The first kappa shape index (κ1) is 19.5. The van der Waals surface area contributed by atoms with Crippen molar-refractivity contribution in [1.29, 1.82) is 0 Å². The Labute approximate surface area is 165 Å². The summed E-state index contributed by atoms with van der Waals surface area (Å²) >= 11 is 0. The monoisotopic (exact) mass is 408 g/mol. The molecule has 8 heteroatoms. The zero-order chi connectivity index (χ0) is 20.6. The Morgan fingerprint density at radius 2 is 1.93 bits per heavy atom. The van der Waals surface area contributed by atoms with Gasteiger partial charge in [-0.1, -0.05) is 12.1 Å². The largest absolute Gasteiger partial charge is 0.490 e. The summed E-state index contributed by atoms with van der Waals surface area (Å²) in [6.07, 6.45) is -2.29. The Morgan fingerprint density at radius 3 is 2.72 bits per heavy atom. The van der Waals surface area contributed by atoms with Gasteiger partial charge in [0.05, 0.1) is 17.8 Å². The number of carbonyl (C=O) groups is 1. The third-order valence-corrected chi connectivity index (χ3v) is 5.45. The molecule has 0 radical (unpaired) electrons. The number of amides is 1. The van der Waals surface area contributed by atoms with E-state index in [2.05, 4.69) is 10.2 Å². The highest BCUT2D eigenvalue weighted by Crippen LogP contribution is 2.37. The summed E-state index contributed by atoms with van der Waals surface area (Å²) in [7, 11) is 0. The van der Waals surface area contributed by atoms with Crippen LogP contribution in [0.2, 0.25) is 0 Å². The van der Waals surface area contributed by atoms with Crippen LogP contribution in [0, 0.1) is 5.82 Å². The average molecular weight is 408 g/mol. The van der Waals surface area contributed by atoms with Gasteiger partial charge in [0, 0.05) is 17.6 Å². The van der Waals surface area contributed by atoms with Crippen molar-refractivity contribution in [3.8, 4) is 5.75 Å². The number of para-hydroxylation sites is 2. The maximum absolute atomic E-state index is 13.7. The fourth-order valence-electron chi connectivity index (χ4n) is 4.15. The number of alkyl halides is 3. The van der Waals surface area contributed by atoms with Crippen LogP contribution in [0.1, 0.15) is 35.2 Å². The molecule has 0 saturated heterocycles. The van der Waals surface area contributed by atoms with E-state index in [1.807, 2.05) is 24.3 Å². The topological polar surface area (TPSA) is 41.6 Å². The van der Waals surface area contributed by atoms with Crippen molar-refractivity contribution in [1.82, 2.24) is 5.32 Å². The molecular weight excluding hydrogens is 388 g/mol. The SMILES string of the molecule is O=C(N[C@H]1CCC[C@H]1N1CCOc2ccccc21)c1cc(F)cc(C(F)(F)F)c1. The van der Waals surface area contributed by atoms with E-state index in [1.165, 1.54) is 0 Å². The van der Waals surface area contributed by atoms with Crippen LogP contribution in [0.5, 0.6) is 5.75 Å². The first-order valence-corrected chi connectivity index (χ1v) is 9.50. The molecule has 1 fully saturated rings. The Morgan fingerprint density at radius 1 is 1.14 bits per heavy atom. The predicted molar refractivity (Wildman–Crippen MR) is 99.6 cm³/mol. The number of hydrogen-bond donors (Lipinski definition) is 1. The molecule has 2 aromatic carbocycles. The third-order valence-electron chi connectivity index (χ3n) is 5.45. The second kappa shape index (κ2) is 7.57. The van der Waals surface area contributed by atoms with E-state index in [-0.39, 0.29) is 17.6 Å². The lowest BCUT2D eigenvalue weighted by Gasteiger charge is -2.38. The number of nitrogens with zero attached hydrogens (tertiary/aromatic N) is 1. The molecule has 1 amide bonds. The Hall–Kier alpha value is -2.77. The Balaban J connectivity index is 1.54. The lowest BCUT2D eigenvalue weighted by atomic mass is 10.1. The van der Waals surface area contributed by atoms with Crippen molar-refractivity contribution >= 4 is 11.6 Å². The van der Waals surface area contributed by atoms with Gasteiger partial charge in [0.25, 0.3) is 5.91 Å². The van der Waals surface area contributed by atoms with Crippen LogP contribution in [-0.2, 0) is 6.18 Å². The molecule has 2 aromatic rings. The summed E-state index contributed by atoms with van der Waals surface area (Å²) < 4.78 is 58.2. The Bertz CT molecular complexity index is 916. The third kappa shape index (κ3) is 4.02. The van der Waals surface area contributed by atoms with E-state index in [0.717, 1.165) is 30.3 Å². The van der Waals surface area contributed by atoms with Crippen molar-refractivity contribution in [2.75, 3.05) is 18.1 Å². The molecule has 1 aliphatic carbocycles. The van der Waals surface area contributed by atoms with E-state index in [9.17, 15) is 22.4 Å². The smallest absolute Gasteiger partial charge is 0.416 e. The van der Waals surface area contributed by atoms with Crippen molar-refractivity contribution < 1.29 is 27.1 Å². The summed E-state index contributed by atoms with van der Waals surface area (Å²) in [6.45, 7) is 1.18. The zero-order valence-electron chi connectivity index (χ0n) is 15.5. The standard InChI is InChI=1S/C21H20F4N2O2/c22-15-11-13(10-14(12-15)21(23,24)25)20(28)26-16-4-3-6-17(16)27-8-9-29-19-7-2-1-5-18(19)27/h1-2,5,7,10-12,16-17H,3-4,6,8-9H2,(H,26,28)/t16-,17+/m0/s1. The van der Waals surface area contributed by atoms with Crippen LogP contribution in [0.3, 0.4) is 0 Å². The summed E-state index contributed by atoms with van der Waals surface area (Å²) in [6, 6.07) is 9.30. The maximum Gasteiger partial charge on any atom is 0.416 e. The molecular formula is C21H20F4N2O2. The molecule has 1 aliphatic heterocycles. The molecule has 4 rings (SSSR count). The summed E-state index contributed by atoms with van der Waals surface area (Å²) in [5.74, 6) is -1.01. The summed E-state index contributed by atoms with van der Waals surface area (Å²) in [5, 5.41) is 2.82. The van der Waals surface area contributed by atoms with E-state index < -0.39 is 23.5 Å². The van der Waals surface area contributed by atoms with Crippen LogP contribution in [-0.4, -0.2) is 31.1 Å². The molecule has 4 nitrogen and oxygen atoms in total. The quantitative estimate of drug-likeness (QED) is 0.766. The number of carbonyl (C=O) groups excluding carboxylic acids is 1. The van der Waals surface area contributed by atoms with Gasteiger partial charge in [0.1, 0.15) is 18.2 Å². The van der Waals surface area contributed by atoms with Gasteiger partial charge in [-0.05, 0) is 49.6 Å². The van der Waals surface area contributed by atoms with Crippen molar-refractivity contribution in [2.45, 2.75) is 37.5 Å². The molecule has 1 saturated carbocycles. The minimum absolute atomic E-state index is 0.000328. The number of fused-ring (bicyclic) bond motifs is 1. The highest BCUT2D eigenvalue weighted by atomic mass is 19.4. The first-order valence-electron chi connectivity index (χ1n) is 9.50. The van der Waals surface area contributed by atoms with Crippen molar-refractivity contribution in [3.63, 3.8) is 0 Å². The van der Waals surface area contributed by atoms with Gasteiger partial charge in [-0.2, -0.15) is 13.2 Å². The summed E-state index contributed by atoms with van der Waals surface area (Å²) in [5.41, 5.74) is -0.562. The fraction of sp³-hybridized carbons (Fsp3) is 0.381. The molecule has 154 valence electrons. The number of nitrogens with one attached hydrogen (secondary N) is 1. The van der Waals surface area contributed by atoms with E-state index in [0.29, 0.717) is 31.7 Å². The predicted octanol–water partition coefficient (Wildman–Crippen LogP) is 4.39. The highest BCUT2D eigenvalue weighted by Gasteiger charge is 2.36. The number of halogens is 4. The number of rotatable bonds is 3. The lowest BCUT2D eigenvalue weighted by molar-refractivity contribution is -0.137. The minimum atomic E-state index is -4.72. The van der Waals surface area contributed by atoms with Crippen LogP contribution < -0.4 is 15.0 Å². The first-order chi connectivity index (χ1) is 13.8. The van der Waals surface area contributed by atoms with E-state index in [4.69, 9.17) is 4.74 Å². The molecule has 0 spiro atoms. The number of hydrogen-bond acceptors (Lipinski definition) is 3. The van der Waals surface area contributed by atoms with Crippen LogP contribution >= 0.6 is 0 Å². The summed E-state index contributed by atoms with van der Waals surface area (Å²) in [4.78, 5) is 14.8. The van der Waals surface area contributed by atoms with Crippen molar-refractivity contribution in [3.05, 3.63) is 59.4 Å². The second-order valence-electron chi connectivity index (χ2n) is 7.31. The Kier molecular flexibility index (Phi) is 5.10. The van der Waals surface area contributed by atoms with Gasteiger partial charge in [-0.3, -0.25) is 4.79 Å². The molecule has 29 heavy (non-hydrogen) atoms. The number of ether oxygens (including phenoxy) is 1. The molecule has 0 aromatic heterocycles. The van der Waals surface area contributed by atoms with Crippen LogP contribution in [0.25, 0.3) is 0 Å². The zero-order valence-corrected chi connectivity index (χ0v) is 15.5. The molecule has 0 bridgehead atoms. The van der Waals surface area contributed by atoms with E-state index >= 15 is 0 Å². The molecule has 1 heterocycles. The molecule has 1 N–H and O–H groups in total. The number of anilines is 1. The molecule has 2 aliphatic rings. The van der Waals surface area contributed by atoms with Gasteiger partial charge in [-0.25, -0.2) is 4.39 Å².